The highest BCUT2D eigenvalue weighted by molar-refractivity contribution is 5.89. The Hall–Kier alpha value is -1.42. The molecular weight excluding hydrogens is 245 g/mol. The van der Waals surface area contributed by atoms with E-state index in [2.05, 4.69) is 5.32 Å². The monoisotopic (exact) mass is 265 g/mol. The number of aliphatic hydroxyl groups is 1. The number of amides is 1. The van der Waals surface area contributed by atoms with Crippen molar-refractivity contribution in [3.8, 4) is 0 Å². The van der Waals surface area contributed by atoms with Crippen molar-refractivity contribution in [1.82, 2.24) is 5.32 Å². The zero-order chi connectivity index (χ0) is 13.9. The summed E-state index contributed by atoms with van der Waals surface area (Å²) in [6, 6.07) is 5.96. The van der Waals surface area contributed by atoms with Gasteiger partial charge in [-0.2, -0.15) is 0 Å². The second-order valence-corrected chi connectivity index (χ2v) is 5.20. The summed E-state index contributed by atoms with van der Waals surface area (Å²) in [5.41, 5.74) is 0.335. The molecule has 2 N–H and O–H groups in total. The molecule has 19 heavy (non-hydrogen) atoms. The highest BCUT2D eigenvalue weighted by Gasteiger charge is 2.45. The van der Waals surface area contributed by atoms with Gasteiger partial charge in [-0.3, -0.25) is 4.79 Å². The average molecular weight is 265 g/mol. The summed E-state index contributed by atoms with van der Waals surface area (Å²) in [4.78, 5) is 12.4. The van der Waals surface area contributed by atoms with Crippen molar-refractivity contribution in [2.45, 2.75) is 44.1 Å². The number of hydrogen-bond donors (Lipinski definition) is 2. The van der Waals surface area contributed by atoms with E-state index in [1.165, 1.54) is 12.1 Å². The van der Waals surface area contributed by atoms with Crippen molar-refractivity contribution in [1.29, 1.82) is 0 Å². The number of aliphatic hydroxyl groups excluding tert-OH is 1. The van der Waals surface area contributed by atoms with Crippen molar-refractivity contribution in [2.75, 3.05) is 6.61 Å². The van der Waals surface area contributed by atoms with Crippen LogP contribution in [0, 0.1) is 5.82 Å². The quantitative estimate of drug-likeness (QED) is 0.857. The average Bonchev–Trinajstić information content (AvgIpc) is 2.37. The third-order valence-corrected chi connectivity index (χ3v) is 4.09. The molecule has 104 valence electrons. The van der Waals surface area contributed by atoms with Crippen molar-refractivity contribution in [3.63, 3.8) is 0 Å². The minimum absolute atomic E-state index is 0.0498. The van der Waals surface area contributed by atoms with Crippen LogP contribution in [0.5, 0.6) is 0 Å². The molecule has 1 fully saturated rings. The van der Waals surface area contributed by atoms with Gasteiger partial charge in [-0.25, -0.2) is 4.39 Å². The Labute approximate surface area is 112 Å². The second-order valence-electron chi connectivity index (χ2n) is 5.20. The molecule has 2 rings (SSSR count). The summed E-state index contributed by atoms with van der Waals surface area (Å²) in [6.07, 6.45) is 3.26. The molecule has 0 aromatic heterocycles. The Morgan fingerprint density at radius 2 is 2.05 bits per heavy atom. The van der Waals surface area contributed by atoms with Gasteiger partial charge in [-0.05, 0) is 37.0 Å². The number of halogens is 1. The molecule has 0 radical (unpaired) electrons. The van der Waals surface area contributed by atoms with Crippen molar-refractivity contribution < 1.29 is 14.3 Å². The first-order chi connectivity index (χ1) is 9.12. The van der Waals surface area contributed by atoms with Gasteiger partial charge in [0.2, 0.25) is 5.91 Å². The number of hydrogen-bond acceptors (Lipinski definition) is 2. The largest absolute Gasteiger partial charge is 0.394 e. The van der Waals surface area contributed by atoms with E-state index in [0.29, 0.717) is 6.42 Å². The zero-order valence-corrected chi connectivity index (χ0v) is 11.2. The lowest BCUT2D eigenvalue weighted by Crippen LogP contribution is -2.52. The Balaban J connectivity index is 2.18. The number of carbonyl (C=O) groups excluding carboxylic acids is 1. The molecule has 0 aliphatic heterocycles. The van der Waals surface area contributed by atoms with Gasteiger partial charge < -0.3 is 10.4 Å². The fourth-order valence-corrected chi connectivity index (χ4v) is 2.55. The van der Waals surface area contributed by atoms with Gasteiger partial charge in [0.1, 0.15) is 5.82 Å². The van der Waals surface area contributed by atoms with Gasteiger partial charge >= 0.3 is 0 Å². The van der Waals surface area contributed by atoms with Crippen molar-refractivity contribution in [2.24, 2.45) is 0 Å². The molecule has 0 saturated heterocycles. The summed E-state index contributed by atoms with van der Waals surface area (Å²) in [7, 11) is 0. The first-order valence-corrected chi connectivity index (χ1v) is 6.80. The van der Waals surface area contributed by atoms with Crippen LogP contribution in [0.2, 0.25) is 0 Å². The number of benzene rings is 1. The smallest absolute Gasteiger partial charge is 0.230 e. The maximum Gasteiger partial charge on any atom is 0.230 e. The fraction of sp³-hybridized carbons (Fsp3) is 0.533. The highest BCUT2D eigenvalue weighted by Crippen LogP contribution is 2.44. The standard InChI is InChI=1S/C15H20FNO2/c1-2-13(10-18)17-14(19)15(8-3-9-15)11-4-6-12(16)7-5-11/h4-7,13,18H,2-3,8-10H2,1H3,(H,17,19). The molecule has 0 spiro atoms. The molecule has 1 unspecified atom stereocenters. The molecule has 1 aliphatic rings. The molecule has 0 heterocycles. The number of nitrogens with one attached hydrogen (secondary N) is 1. The molecule has 1 aromatic carbocycles. The fourth-order valence-electron chi connectivity index (χ4n) is 2.55. The maximum absolute atomic E-state index is 13.0. The van der Waals surface area contributed by atoms with E-state index in [9.17, 15) is 14.3 Å². The first kappa shape index (κ1) is 14.0. The van der Waals surface area contributed by atoms with Crippen molar-refractivity contribution in [3.05, 3.63) is 35.6 Å². The predicted octanol–water partition coefficient (Wildman–Crippen LogP) is 2.13. The maximum atomic E-state index is 13.0. The molecule has 4 heteroatoms. The van der Waals surface area contributed by atoms with Crippen LogP contribution >= 0.6 is 0 Å². The number of rotatable bonds is 5. The third kappa shape index (κ3) is 2.63. The van der Waals surface area contributed by atoms with Crippen molar-refractivity contribution >= 4 is 5.91 Å². The van der Waals surface area contributed by atoms with Crippen LogP contribution < -0.4 is 5.32 Å². The molecular formula is C15H20FNO2. The normalized spacial score (nSPS) is 18.5. The Morgan fingerprint density at radius 3 is 2.47 bits per heavy atom. The van der Waals surface area contributed by atoms with E-state index in [0.717, 1.165) is 24.8 Å². The molecule has 3 nitrogen and oxygen atoms in total. The van der Waals surface area contributed by atoms with Crippen LogP contribution in [0.25, 0.3) is 0 Å². The van der Waals surface area contributed by atoms with Gasteiger partial charge in [-0.15, -0.1) is 0 Å². The molecule has 1 aliphatic carbocycles. The highest BCUT2D eigenvalue weighted by atomic mass is 19.1. The van der Waals surface area contributed by atoms with E-state index in [-0.39, 0.29) is 24.4 Å². The van der Waals surface area contributed by atoms with Gasteiger partial charge in [0, 0.05) is 0 Å². The number of carbonyl (C=O) groups is 1. The summed E-state index contributed by atoms with van der Waals surface area (Å²) in [5.74, 6) is -0.341. The van der Waals surface area contributed by atoms with Crippen LogP contribution in [0.15, 0.2) is 24.3 Å². The summed E-state index contributed by atoms with van der Waals surface area (Å²) < 4.78 is 13.0. The Morgan fingerprint density at radius 1 is 1.42 bits per heavy atom. The van der Waals surface area contributed by atoms with Gasteiger partial charge in [0.05, 0.1) is 18.1 Å². The topological polar surface area (TPSA) is 49.3 Å². The van der Waals surface area contributed by atoms with Crippen LogP contribution in [0.1, 0.15) is 38.2 Å². The molecule has 1 atom stereocenters. The van der Waals surface area contributed by atoms with Gasteiger partial charge in [0.25, 0.3) is 0 Å². The first-order valence-electron chi connectivity index (χ1n) is 6.80. The Bertz CT molecular complexity index is 436. The lowest BCUT2D eigenvalue weighted by Gasteiger charge is -2.41. The zero-order valence-electron chi connectivity index (χ0n) is 11.2. The predicted molar refractivity (Wildman–Crippen MR) is 71.2 cm³/mol. The van der Waals surface area contributed by atoms with Crippen LogP contribution in [-0.4, -0.2) is 23.7 Å². The Kier molecular flexibility index (Phi) is 4.20. The third-order valence-electron chi connectivity index (χ3n) is 4.09. The van der Waals surface area contributed by atoms with Crippen LogP contribution in [0.4, 0.5) is 4.39 Å². The molecule has 1 aromatic rings. The molecule has 1 amide bonds. The minimum Gasteiger partial charge on any atom is -0.394 e. The second kappa shape index (κ2) is 5.70. The van der Waals surface area contributed by atoms with E-state index >= 15 is 0 Å². The van der Waals surface area contributed by atoms with E-state index in [1.807, 2.05) is 6.92 Å². The van der Waals surface area contributed by atoms with Gasteiger partial charge in [0.15, 0.2) is 0 Å². The molecule has 1 saturated carbocycles. The van der Waals surface area contributed by atoms with Crippen LogP contribution in [0.3, 0.4) is 0 Å². The summed E-state index contributed by atoms with van der Waals surface area (Å²) in [5, 5.41) is 12.1. The summed E-state index contributed by atoms with van der Waals surface area (Å²) in [6.45, 7) is 1.87. The summed E-state index contributed by atoms with van der Waals surface area (Å²) >= 11 is 0. The SMILES string of the molecule is CCC(CO)NC(=O)C1(c2ccc(F)cc2)CCC1. The van der Waals surface area contributed by atoms with E-state index in [4.69, 9.17) is 0 Å². The lowest BCUT2D eigenvalue weighted by atomic mass is 9.63. The van der Waals surface area contributed by atoms with E-state index < -0.39 is 5.41 Å². The van der Waals surface area contributed by atoms with Crippen LogP contribution in [-0.2, 0) is 10.2 Å². The lowest BCUT2D eigenvalue weighted by molar-refractivity contribution is -0.131. The molecule has 0 bridgehead atoms. The van der Waals surface area contributed by atoms with E-state index in [1.54, 1.807) is 12.1 Å². The van der Waals surface area contributed by atoms with Gasteiger partial charge in [-0.1, -0.05) is 25.5 Å². The minimum atomic E-state index is -0.531.